The molecule has 0 bridgehead atoms. The number of imidazole rings is 1. The summed E-state index contributed by atoms with van der Waals surface area (Å²) in [5.74, 6) is 1.35. The van der Waals surface area contributed by atoms with Crippen molar-refractivity contribution < 1.29 is 5.11 Å². The maximum Gasteiger partial charge on any atom is 0.222 e. The largest absolute Gasteiger partial charge is 0.394 e. The zero-order valence-corrected chi connectivity index (χ0v) is 13.3. The smallest absolute Gasteiger partial charge is 0.222 e. The van der Waals surface area contributed by atoms with Gasteiger partial charge in [-0.25, -0.2) is 9.97 Å². The lowest BCUT2D eigenvalue weighted by Crippen LogP contribution is -2.18. The number of aromatic nitrogens is 4. The molecular weight excluding hydrogens is 318 g/mol. The summed E-state index contributed by atoms with van der Waals surface area (Å²) in [6, 6.07) is 5.51. The number of aliphatic hydroxyl groups excluding tert-OH is 1. The fraction of sp³-hybridized carbons (Fsp3) is 0.176. The molecule has 1 aromatic carbocycles. The monoisotopic (exact) mass is 335 g/mol. The van der Waals surface area contributed by atoms with E-state index < -0.39 is 6.04 Å². The highest BCUT2D eigenvalue weighted by molar-refractivity contribution is 5.95. The molecule has 0 saturated carbocycles. The van der Waals surface area contributed by atoms with Crippen molar-refractivity contribution in [3.05, 3.63) is 48.1 Å². The molecule has 4 rings (SSSR count). The van der Waals surface area contributed by atoms with Crippen molar-refractivity contribution in [1.82, 2.24) is 19.9 Å². The number of nitrogen functional groups attached to an aromatic ring is 1. The van der Waals surface area contributed by atoms with Crippen molar-refractivity contribution in [3.63, 3.8) is 0 Å². The summed E-state index contributed by atoms with van der Waals surface area (Å²) in [4.78, 5) is 20.0. The minimum Gasteiger partial charge on any atom is -0.394 e. The molecule has 0 radical (unpaired) electrons. The maximum atomic E-state index is 9.67. The number of aliphatic imine (C=N–C) groups is 1. The van der Waals surface area contributed by atoms with Crippen molar-refractivity contribution in [1.29, 1.82) is 0 Å². The number of anilines is 2. The molecule has 5 N–H and O–H groups in total. The molecule has 0 aliphatic carbocycles. The number of benzene rings is 1. The van der Waals surface area contributed by atoms with Crippen molar-refractivity contribution >= 4 is 34.5 Å². The lowest BCUT2D eigenvalue weighted by molar-refractivity contribution is 0.272. The number of nitrogens with two attached hydrogens (primary N) is 1. The van der Waals surface area contributed by atoms with Gasteiger partial charge in [0.25, 0.3) is 0 Å². The molecule has 0 fully saturated rings. The molecule has 126 valence electrons. The quantitative estimate of drug-likeness (QED) is 0.560. The van der Waals surface area contributed by atoms with E-state index in [0.717, 1.165) is 22.0 Å². The Morgan fingerprint density at radius 2 is 2.24 bits per heavy atom. The van der Waals surface area contributed by atoms with E-state index in [-0.39, 0.29) is 12.6 Å². The molecule has 1 unspecified atom stereocenters. The number of H-pyrrole nitrogens is 1. The zero-order valence-electron chi connectivity index (χ0n) is 13.3. The van der Waals surface area contributed by atoms with E-state index in [1.807, 2.05) is 24.3 Å². The Hall–Kier alpha value is -3.26. The van der Waals surface area contributed by atoms with E-state index in [9.17, 15) is 5.11 Å². The molecule has 1 aliphatic heterocycles. The van der Waals surface area contributed by atoms with Crippen LogP contribution >= 0.6 is 0 Å². The van der Waals surface area contributed by atoms with E-state index in [1.165, 1.54) is 0 Å². The van der Waals surface area contributed by atoms with Crippen molar-refractivity contribution in [3.8, 4) is 0 Å². The molecule has 0 spiro atoms. The van der Waals surface area contributed by atoms with Crippen molar-refractivity contribution in [2.45, 2.75) is 6.04 Å². The van der Waals surface area contributed by atoms with Crippen LogP contribution in [0.2, 0.25) is 0 Å². The highest BCUT2D eigenvalue weighted by Gasteiger charge is 2.16. The molecule has 3 aromatic rings. The summed E-state index contributed by atoms with van der Waals surface area (Å²) in [6.45, 7) is 0.531. The van der Waals surface area contributed by atoms with Crippen LogP contribution in [0.25, 0.3) is 16.5 Å². The van der Waals surface area contributed by atoms with Gasteiger partial charge in [0.1, 0.15) is 17.7 Å². The van der Waals surface area contributed by atoms with Crippen LogP contribution in [0.15, 0.2) is 41.7 Å². The minimum atomic E-state index is -0.418. The number of hydrogen-bond donors (Lipinski definition) is 4. The van der Waals surface area contributed by atoms with E-state index >= 15 is 0 Å². The number of allylic oxidation sites excluding steroid dienone is 1. The van der Waals surface area contributed by atoms with E-state index in [4.69, 9.17) is 5.73 Å². The normalized spacial score (nSPS) is 14.7. The first-order chi connectivity index (χ1) is 12.2. The van der Waals surface area contributed by atoms with Gasteiger partial charge in [-0.1, -0.05) is 6.07 Å². The van der Waals surface area contributed by atoms with Crippen LogP contribution in [-0.4, -0.2) is 44.4 Å². The number of nitrogens with one attached hydrogen (secondary N) is 2. The van der Waals surface area contributed by atoms with Gasteiger partial charge in [-0.15, -0.1) is 0 Å². The summed E-state index contributed by atoms with van der Waals surface area (Å²) in [5.41, 5.74) is 8.80. The number of aromatic amines is 1. The number of hydrogen-bond acceptors (Lipinski definition) is 7. The Labute approximate surface area is 143 Å². The van der Waals surface area contributed by atoms with Gasteiger partial charge in [0.2, 0.25) is 5.95 Å². The second kappa shape index (κ2) is 6.33. The summed E-state index contributed by atoms with van der Waals surface area (Å²) < 4.78 is 0. The van der Waals surface area contributed by atoms with E-state index in [0.29, 0.717) is 18.2 Å². The zero-order chi connectivity index (χ0) is 17.2. The highest BCUT2D eigenvalue weighted by atomic mass is 16.3. The van der Waals surface area contributed by atoms with E-state index in [1.54, 1.807) is 18.6 Å². The number of fused-ring (bicyclic) bond motifs is 1. The third-order valence-electron chi connectivity index (χ3n) is 4.07. The van der Waals surface area contributed by atoms with Crippen LogP contribution in [-0.2, 0) is 0 Å². The SMILES string of the molecule is Nc1nc(NC(CO)c2ncc[nH]2)c2ccc(C3=CC=NC3)cc2n1. The Balaban J connectivity index is 1.73. The fourth-order valence-electron chi connectivity index (χ4n) is 2.82. The highest BCUT2D eigenvalue weighted by Crippen LogP contribution is 2.28. The van der Waals surface area contributed by atoms with Crippen LogP contribution in [0, 0.1) is 0 Å². The average Bonchev–Trinajstić information content (AvgIpc) is 3.32. The van der Waals surface area contributed by atoms with Gasteiger partial charge in [-0.05, 0) is 29.3 Å². The van der Waals surface area contributed by atoms with Crippen LogP contribution < -0.4 is 11.1 Å². The maximum absolute atomic E-state index is 9.67. The van der Waals surface area contributed by atoms with Crippen LogP contribution in [0.3, 0.4) is 0 Å². The molecule has 8 heteroatoms. The summed E-state index contributed by atoms with van der Waals surface area (Å²) >= 11 is 0. The van der Waals surface area contributed by atoms with Gasteiger partial charge in [-0.3, -0.25) is 4.99 Å². The third-order valence-corrected chi connectivity index (χ3v) is 4.07. The fourth-order valence-corrected chi connectivity index (χ4v) is 2.82. The molecule has 1 atom stereocenters. The van der Waals surface area contributed by atoms with Gasteiger partial charge in [0.15, 0.2) is 0 Å². The minimum absolute atomic E-state index is 0.138. The molecule has 0 saturated heterocycles. The molecule has 0 amide bonds. The number of aliphatic hydroxyl groups is 1. The van der Waals surface area contributed by atoms with Crippen LogP contribution in [0.4, 0.5) is 11.8 Å². The van der Waals surface area contributed by atoms with Crippen LogP contribution in [0.5, 0.6) is 0 Å². The summed E-state index contributed by atoms with van der Waals surface area (Å²) in [5, 5.41) is 13.7. The van der Waals surface area contributed by atoms with Gasteiger partial charge in [-0.2, -0.15) is 4.98 Å². The lowest BCUT2D eigenvalue weighted by atomic mass is 10.0. The summed E-state index contributed by atoms with van der Waals surface area (Å²) in [7, 11) is 0. The van der Waals surface area contributed by atoms with Gasteiger partial charge in [0, 0.05) is 24.0 Å². The van der Waals surface area contributed by atoms with Crippen molar-refractivity contribution in [2.24, 2.45) is 4.99 Å². The average molecular weight is 335 g/mol. The molecule has 3 heterocycles. The molecule has 2 aromatic heterocycles. The second-order valence-corrected chi connectivity index (χ2v) is 5.70. The van der Waals surface area contributed by atoms with Crippen LogP contribution in [0.1, 0.15) is 17.4 Å². The topological polar surface area (TPSA) is 125 Å². The summed E-state index contributed by atoms with van der Waals surface area (Å²) in [6.07, 6.45) is 7.13. The molecule has 8 nitrogen and oxygen atoms in total. The first kappa shape index (κ1) is 15.3. The first-order valence-corrected chi connectivity index (χ1v) is 7.88. The first-order valence-electron chi connectivity index (χ1n) is 7.88. The Bertz CT molecular complexity index is 963. The Morgan fingerprint density at radius 3 is 2.96 bits per heavy atom. The second-order valence-electron chi connectivity index (χ2n) is 5.70. The lowest BCUT2D eigenvalue weighted by Gasteiger charge is -2.16. The molecular formula is C17H17N7O. The molecule has 25 heavy (non-hydrogen) atoms. The third kappa shape index (κ3) is 2.94. The van der Waals surface area contributed by atoms with Gasteiger partial charge < -0.3 is 21.1 Å². The van der Waals surface area contributed by atoms with Gasteiger partial charge >= 0.3 is 0 Å². The van der Waals surface area contributed by atoms with Gasteiger partial charge in [0.05, 0.1) is 18.7 Å². The van der Waals surface area contributed by atoms with E-state index in [2.05, 4.69) is 30.2 Å². The Morgan fingerprint density at radius 1 is 1.32 bits per heavy atom. The predicted octanol–water partition coefficient (Wildman–Crippen LogP) is 1.55. The standard InChI is InChI=1S/C17H17N7O/c18-17-23-13-7-10(11-3-4-19-8-11)1-2-12(13)15(24-17)22-14(9-25)16-20-5-6-21-16/h1-7,14,25H,8-9H2,(H,20,21)(H3,18,22,23,24). The number of rotatable bonds is 5. The molecule has 1 aliphatic rings. The predicted molar refractivity (Wildman–Crippen MR) is 97.3 cm³/mol. The number of nitrogens with zero attached hydrogens (tertiary/aromatic N) is 4. The van der Waals surface area contributed by atoms with Crippen molar-refractivity contribution in [2.75, 3.05) is 24.2 Å². The Kier molecular flexibility index (Phi) is 3.87.